The van der Waals surface area contributed by atoms with E-state index in [1.165, 1.54) is 38.5 Å². The summed E-state index contributed by atoms with van der Waals surface area (Å²) in [6.45, 7) is 0. The van der Waals surface area contributed by atoms with Crippen LogP contribution in [0.1, 0.15) is 0 Å². The Bertz CT molecular complexity index is 1100. The number of hydrogen-bond acceptors (Lipinski definition) is 8. The van der Waals surface area contributed by atoms with Crippen molar-refractivity contribution in [3.63, 3.8) is 0 Å². The van der Waals surface area contributed by atoms with Crippen molar-refractivity contribution in [2.24, 2.45) is 0 Å². The fraction of sp³-hybridized carbons (Fsp3) is 0.250. The molecule has 0 spiro atoms. The molecule has 0 radical (unpaired) electrons. The van der Waals surface area contributed by atoms with Gasteiger partial charge in [0.1, 0.15) is 10.2 Å². The van der Waals surface area contributed by atoms with E-state index in [0.29, 0.717) is 0 Å². The molecule has 0 saturated carbocycles. The summed E-state index contributed by atoms with van der Waals surface area (Å²) in [5, 5.41) is 0. The molecule has 2 rings (SSSR count). The van der Waals surface area contributed by atoms with Crippen LogP contribution in [0.25, 0.3) is 11.1 Å². The zero-order valence-corrected chi connectivity index (χ0v) is 18.4. The van der Waals surface area contributed by atoms with E-state index in [9.17, 15) is 16.8 Å². The second-order valence-electron chi connectivity index (χ2n) is 5.50. The van der Waals surface area contributed by atoms with Crippen molar-refractivity contribution in [2.75, 3.05) is 26.7 Å². The molecule has 12 heteroatoms. The van der Waals surface area contributed by atoms with Gasteiger partial charge in [-0.05, 0) is 33.6 Å². The van der Waals surface area contributed by atoms with E-state index in [2.05, 4.69) is 15.9 Å². The van der Waals surface area contributed by atoms with Crippen LogP contribution in [0.3, 0.4) is 0 Å². The van der Waals surface area contributed by atoms with E-state index in [1.54, 1.807) is 0 Å². The standard InChI is InChI=1S/C16H16BrFO8S2/c1-23-14-11(9-5-7-10(8-6-9)25-27(3,19)20)13(18)15(24-2)12(17)16(14)26-28(4,21)22/h5-8H,1-4H3. The first-order valence-corrected chi connectivity index (χ1v) is 11.8. The molecule has 8 nitrogen and oxygen atoms in total. The summed E-state index contributed by atoms with van der Waals surface area (Å²) in [7, 11) is -5.28. The zero-order valence-electron chi connectivity index (χ0n) is 15.1. The molecule has 154 valence electrons. The van der Waals surface area contributed by atoms with E-state index >= 15 is 4.39 Å². The van der Waals surface area contributed by atoms with Crippen LogP contribution in [0.4, 0.5) is 4.39 Å². The third-order valence-corrected chi connectivity index (χ3v) is 4.97. The summed E-state index contributed by atoms with van der Waals surface area (Å²) in [5.41, 5.74) is 0.0893. The molecule has 0 heterocycles. The van der Waals surface area contributed by atoms with Gasteiger partial charge in [-0.3, -0.25) is 0 Å². The number of hydrogen-bond donors (Lipinski definition) is 0. The third-order valence-electron chi connectivity index (χ3n) is 3.28. The van der Waals surface area contributed by atoms with Gasteiger partial charge in [-0.25, -0.2) is 4.39 Å². The van der Waals surface area contributed by atoms with Gasteiger partial charge >= 0.3 is 20.2 Å². The number of benzene rings is 2. The monoisotopic (exact) mass is 498 g/mol. The largest absolute Gasteiger partial charge is 0.492 e. The zero-order chi connectivity index (χ0) is 21.3. The fourth-order valence-corrected chi connectivity index (χ4v) is 3.96. The van der Waals surface area contributed by atoms with Crippen LogP contribution in [-0.2, 0) is 20.2 Å². The minimum Gasteiger partial charge on any atom is -0.492 e. The molecule has 0 unspecified atom stereocenters. The average molecular weight is 499 g/mol. The lowest BCUT2D eigenvalue weighted by molar-refractivity contribution is 0.363. The summed E-state index contributed by atoms with van der Waals surface area (Å²) >= 11 is 3.07. The van der Waals surface area contributed by atoms with E-state index in [0.717, 1.165) is 12.5 Å². The highest BCUT2D eigenvalue weighted by Crippen LogP contribution is 2.51. The van der Waals surface area contributed by atoms with Crippen LogP contribution in [0.15, 0.2) is 28.7 Å². The first-order chi connectivity index (χ1) is 12.9. The number of rotatable bonds is 7. The maximum Gasteiger partial charge on any atom is 0.306 e. The minimum atomic E-state index is -3.97. The molecule has 2 aromatic carbocycles. The van der Waals surface area contributed by atoms with Gasteiger partial charge in [0.15, 0.2) is 17.3 Å². The van der Waals surface area contributed by atoms with Gasteiger partial charge in [-0.15, -0.1) is 0 Å². The normalized spacial score (nSPS) is 11.8. The quantitative estimate of drug-likeness (QED) is 0.536. The number of ether oxygens (including phenoxy) is 2. The van der Waals surface area contributed by atoms with Crippen molar-refractivity contribution in [2.45, 2.75) is 0 Å². The first kappa shape index (κ1) is 22.2. The van der Waals surface area contributed by atoms with Crippen LogP contribution < -0.4 is 17.8 Å². The Kier molecular flexibility index (Phi) is 6.46. The van der Waals surface area contributed by atoms with Crippen molar-refractivity contribution >= 4 is 36.2 Å². The van der Waals surface area contributed by atoms with Crippen molar-refractivity contribution in [1.29, 1.82) is 0 Å². The van der Waals surface area contributed by atoms with Crippen LogP contribution in [0.2, 0.25) is 0 Å². The van der Waals surface area contributed by atoms with E-state index in [4.69, 9.17) is 17.8 Å². The van der Waals surface area contributed by atoms with Crippen molar-refractivity contribution in [1.82, 2.24) is 0 Å². The Morgan fingerprint density at radius 3 is 1.75 bits per heavy atom. The summed E-state index contributed by atoms with van der Waals surface area (Å²) in [5.74, 6) is -1.63. The second-order valence-corrected chi connectivity index (χ2v) is 9.44. The molecule has 0 bridgehead atoms. The van der Waals surface area contributed by atoms with Crippen LogP contribution in [-0.4, -0.2) is 43.6 Å². The van der Waals surface area contributed by atoms with Gasteiger partial charge in [-0.2, -0.15) is 16.8 Å². The second kappa shape index (κ2) is 8.13. The fourth-order valence-electron chi connectivity index (χ4n) is 2.34. The first-order valence-electron chi connectivity index (χ1n) is 7.40. The predicted octanol–water partition coefficient (Wildman–Crippen LogP) is 2.95. The van der Waals surface area contributed by atoms with Gasteiger partial charge in [0, 0.05) is 0 Å². The molecule has 0 saturated heterocycles. The molecule has 2 aromatic rings. The van der Waals surface area contributed by atoms with Crippen LogP contribution in [0.5, 0.6) is 23.0 Å². The molecule has 0 fully saturated rings. The molecule has 0 amide bonds. The molecule has 0 aliphatic carbocycles. The molecular formula is C16H16BrFO8S2. The Morgan fingerprint density at radius 1 is 0.821 bits per heavy atom. The molecule has 0 N–H and O–H groups in total. The summed E-state index contributed by atoms with van der Waals surface area (Å²) < 4.78 is 80.6. The molecule has 0 aromatic heterocycles. The lowest BCUT2D eigenvalue weighted by atomic mass is 10.0. The van der Waals surface area contributed by atoms with Gasteiger partial charge < -0.3 is 17.8 Å². The Labute approximate surface area is 170 Å². The van der Waals surface area contributed by atoms with Crippen molar-refractivity contribution in [3.05, 3.63) is 34.6 Å². The maximum atomic E-state index is 15.1. The molecule has 0 aliphatic heterocycles. The van der Waals surface area contributed by atoms with Crippen molar-refractivity contribution in [3.8, 4) is 34.1 Å². The van der Waals surface area contributed by atoms with Gasteiger partial charge in [0.2, 0.25) is 5.75 Å². The lowest BCUT2D eigenvalue weighted by Crippen LogP contribution is -2.09. The molecular weight excluding hydrogens is 483 g/mol. The Morgan fingerprint density at radius 2 is 1.32 bits per heavy atom. The van der Waals surface area contributed by atoms with Crippen LogP contribution >= 0.6 is 15.9 Å². The molecule has 0 aliphatic rings. The number of methoxy groups -OCH3 is 2. The van der Waals surface area contributed by atoms with E-state index in [1.807, 2.05) is 0 Å². The highest BCUT2D eigenvalue weighted by molar-refractivity contribution is 9.10. The molecule has 0 atom stereocenters. The third kappa shape index (κ3) is 5.06. The van der Waals surface area contributed by atoms with Crippen molar-refractivity contribution < 1.29 is 39.1 Å². The highest BCUT2D eigenvalue weighted by atomic mass is 79.9. The Hall–Kier alpha value is -2.05. The summed E-state index contributed by atoms with van der Waals surface area (Å²) in [4.78, 5) is 0. The van der Waals surface area contributed by atoms with Crippen LogP contribution in [0, 0.1) is 5.82 Å². The smallest absolute Gasteiger partial charge is 0.306 e. The summed E-state index contributed by atoms with van der Waals surface area (Å²) in [6, 6.07) is 5.36. The Balaban J connectivity index is 2.74. The lowest BCUT2D eigenvalue weighted by Gasteiger charge is -2.19. The maximum absolute atomic E-state index is 15.1. The number of halogens is 2. The molecule has 28 heavy (non-hydrogen) atoms. The highest BCUT2D eigenvalue weighted by Gasteiger charge is 2.29. The summed E-state index contributed by atoms with van der Waals surface area (Å²) in [6.07, 6.45) is 1.71. The minimum absolute atomic E-state index is 0.0160. The predicted molar refractivity (Wildman–Crippen MR) is 104 cm³/mol. The van der Waals surface area contributed by atoms with E-state index < -0.39 is 26.1 Å². The SMILES string of the molecule is COc1c(F)c(-c2ccc(OS(C)(=O)=O)cc2)c(OC)c(OS(C)(=O)=O)c1Br. The van der Waals surface area contributed by atoms with Gasteiger partial charge in [0.05, 0.1) is 32.3 Å². The topological polar surface area (TPSA) is 105 Å². The van der Waals surface area contributed by atoms with E-state index in [-0.39, 0.29) is 38.6 Å². The van der Waals surface area contributed by atoms with Gasteiger partial charge in [0.25, 0.3) is 0 Å². The average Bonchev–Trinajstić information content (AvgIpc) is 2.56. The van der Waals surface area contributed by atoms with Gasteiger partial charge in [-0.1, -0.05) is 12.1 Å².